The average molecular weight is 248 g/mol. The molecule has 0 radical (unpaired) electrons. The largest absolute Gasteiger partial charge is 0.368 e. The number of hydrogen-bond donors (Lipinski definition) is 1. The Balaban J connectivity index is 2.05. The molecule has 0 spiro atoms. The van der Waals surface area contributed by atoms with Gasteiger partial charge in [-0.15, -0.1) is 10.2 Å². The minimum Gasteiger partial charge on any atom is -0.368 e. The Morgan fingerprint density at radius 3 is 2.53 bits per heavy atom. The van der Waals surface area contributed by atoms with E-state index in [4.69, 9.17) is 0 Å². The summed E-state index contributed by atoms with van der Waals surface area (Å²) in [6, 6.07) is 8.47. The molecule has 0 aliphatic heterocycles. The zero-order valence-corrected chi connectivity index (χ0v) is 11.1. The van der Waals surface area contributed by atoms with Crippen LogP contribution in [-0.4, -0.2) is 24.3 Å². The molecule has 4 nitrogen and oxygen atoms in total. The van der Waals surface area contributed by atoms with Crippen LogP contribution >= 0.6 is 11.3 Å². The van der Waals surface area contributed by atoms with Crippen LogP contribution in [0.4, 0.5) is 10.8 Å². The molecule has 1 aromatic heterocycles. The van der Waals surface area contributed by atoms with Crippen molar-refractivity contribution in [2.75, 3.05) is 24.3 Å². The summed E-state index contributed by atoms with van der Waals surface area (Å²) < 4.78 is 0. The van der Waals surface area contributed by atoms with Gasteiger partial charge in [0.05, 0.1) is 6.54 Å². The van der Waals surface area contributed by atoms with Gasteiger partial charge in [0, 0.05) is 19.8 Å². The zero-order chi connectivity index (χ0) is 12.3. The van der Waals surface area contributed by atoms with Crippen LogP contribution in [0.25, 0.3) is 0 Å². The number of nitrogens with zero attached hydrogens (tertiary/aromatic N) is 3. The maximum atomic E-state index is 4.13. The van der Waals surface area contributed by atoms with E-state index in [1.165, 1.54) is 11.3 Å². The fourth-order valence-corrected chi connectivity index (χ4v) is 2.26. The Bertz CT molecular complexity index is 478. The molecule has 2 aromatic rings. The smallest absolute Gasteiger partial charge is 0.205 e. The molecule has 1 heterocycles. The third kappa shape index (κ3) is 2.94. The summed E-state index contributed by atoms with van der Waals surface area (Å²) in [4.78, 5) is 2.17. The first-order valence-corrected chi connectivity index (χ1v) is 6.28. The molecule has 5 heteroatoms. The molecule has 1 N–H and O–H groups in total. The van der Waals surface area contributed by atoms with E-state index < -0.39 is 0 Å². The van der Waals surface area contributed by atoms with E-state index in [-0.39, 0.29) is 0 Å². The summed E-state index contributed by atoms with van der Waals surface area (Å²) in [6.07, 6.45) is 0. The second kappa shape index (κ2) is 5.14. The third-order valence-corrected chi connectivity index (χ3v) is 3.45. The first-order valence-electron chi connectivity index (χ1n) is 5.47. The van der Waals surface area contributed by atoms with Gasteiger partial charge in [-0.25, -0.2) is 0 Å². The summed E-state index contributed by atoms with van der Waals surface area (Å²) in [5.74, 6) is 0. The summed E-state index contributed by atoms with van der Waals surface area (Å²) in [7, 11) is 3.92. The molecule has 0 fully saturated rings. The Kier molecular flexibility index (Phi) is 3.58. The second-order valence-corrected chi connectivity index (χ2v) is 5.00. The summed E-state index contributed by atoms with van der Waals surface area (Å²) in [5.41, 5.74) is 2.47. The normalized spacial score (nSPS) is 10.3. The van der Waals surface area contributed by atoms with Crippen molar-refractivity contribution < 1.29 is 0 Å². The lowest BCUT2D eigenvalue weighted by molar-refractivity contribution is 0.881. The van der Waals surface area contributed by atoms with Crippen molar-refractivity contribution in [3.63, 3.8) is 0 Å². The number of hydrogen-bond acceptors (Lipinski definition) is 5. The van der Waals surface area contributed by atoms with Crippen molar-refractivity contribution in [2.45, 2.75) is 13.5 Å². The molecular weight excluding hydrogens is 232 g/mol. The number of rotatable bonds is 4. The molecule has 0 aliphatic carbocycles. The van der Waals surface area contributed by atoms with Gasteiger partial charge in [0.25, 0.3) is 0 Å². The fourth-order valence-electron chi connectivity index (χ4n) is 1.51. The average Bonchev–Trinajstić information content (AvgIpc) is 2.77. The van der Waals surface area contributed by atoms with Crippen LogP contribution in [0, 0.1) is 6.92 Å². The van der Waals surface area contributed by atoms with Gasteiger partial charge < -0.3 is 10.2 Å². The fraction of sp³-hybridized carbons (Fsp3) is 0.333. The minimum atomic E-state index is 0.780. The molecule has 90 valence electrons. The van der Waals surface area contributed by atoms with E-state index in [0.717, 1.165) is 16.7 Å². The zero-order valence-electron chi connectivity index (χ0n) is 10.3. The van der Waals surface area contributed by atoms with Crippen molar-refractivity contribution in [2.24, 2.45) is 0 Å². The quantitative estimate of drug-likeness (QED) is 0.902. The van der Waals surface area contributed by atoms with Gasteiger partial charge in [0.2, 0.25) is 5.13 Å². The van der Waals surface area contributed by atoms with Crippen LogP contribution in [-0.2, 0) is 6.54 Å². The highest BCUT2D eigenvalue weighted by Crippen LogP contribution is 2.19. The van der Waals surface area contributed by atoms with Gasteiger partial charge in [0.15, 0.2) is 0 Å². The Labute approximate surface area is 105 Å². The molecule has 0 saturated heterocycles. The Hall–Kier alpha value is -1.62. The number of anilines is 2. The maximum Gasteiger partial charge on any atom is 0.205 e. The second-order valence-electron chi connectivity index (χ2n) is 3.94. The monoisotopic (exact) mass is 248 g/mol. The highest BCUT2D eigenvalue weighted by atomic mass is 32.1. The number of aryl methyl sites for hydroxylation is 1. The molecule has 0 saturated carbocycles. The van der Waals surface area contributed by atoms with E-state index in [9.17, 15) is 0 Å². The lowest BCUT2D eigenvalue weighted by Crippen LogP contribution is -2.16. The van der Waals surface area contributed by atoms with Crippen LogP contribution in [0.2, 0.25) is 0 Å². The summed E-state index contributed by atoms with van der Waals surface area (Å²) in [6.45, 7) is 2.87. The number of nitrogens with one attached hydrogen (secondary N) is 1. The molecule has 2 rings (SSSR count). The van der Waals surface area contributed by atoms with E-state index in [1.807, 2.05) is 7.05 Å². The first kappa shape index (κ1) is 11.9. The van der Waals surface area contributed by atoms with Gasteiger partial charge in [-0.1, -0.05) is 29.0 Å². The van der Waals surface area contributed by atoms with Gasteiger partial charge in [-0.2, -0.15) is 0 Å². The molecule has 1 aromatic carbocycles. The maximum absolute atomic E-state index is 4.13. The molecule has 17 heavy (non-hydrogen) atoms. The van der Waals surface area contributed by atoms with Crippen molar-refractivity contribution in [1.29, 1.82) is 0 Å². The van der Waals surface area contributed by atoms with Crippen LogP contribution in [0.3, 0.4) is 0 Å². The molecule has 0 bridgehead atoms. The van der Waals surface area contributed by atoms with Crippen molar-refractivity contribution in [3.8, 4) is 0 Å². The Morgan fingerprint density at radius 2 is 1.94 bits per heavy atom. The van der Waals surface area contributed by atoms with E-state index in [1.54, 1.807) is 11.3 Å². The van der Waals surface area contributed by atoms with Crippen LogP contribution in [0.5, 0.6) is 0 Å². The van der Waals surface area contributed by atoms with Crippen LogP contribution in [0.15, 0.2) is 24.3 Å². The highest BCUT2D eigenvalue weighted by molar-refractivity contribution is 7.15. The highest BCUT2D eigenvalue weighted by Gasteiger charge is 2.06. The summed E-state index contributed by atoms with van der Waals surface area (Å²) >= 11 is 1.58. The van der Waals surface area contributed by atoms with Crippen molar-refractivity contribution in [3.05, 3.63) is 34.8 Å². The third-order valence-electron chi connectivity index (χ3n) is 2.53. The van der Waals surface area contributed by atoms with E-state index in [2.05, 4.69) is 58.7 Å². The molecule has 0 amide bonds. The topological polar surface area (TPSA) is 41.1 Å². The van der Waals surface area contributed by atoms with Gasteiger partial charge >= 0.3 is 0 Å². The minimum absolute atomic E-state index is 0.780. The molecule has 0 aliphatic rings. The lowest BCUT2D eigenvalue weighted by Gasteiger charge is -2.17. The molecule has 0 unspecified atom stereocenters. The molecular formula is C12H16N4S. The number of aromatic nitrogens is 2. The standard InChI is InChI=1S/C12H16N4S/c1-9-4-6-10(7-5-9)16(3)8-11-14-15-12(13-2)17-11/h4-7H,8H2,1-3H3,(H,13,15). The van der Waals surface area contributed by atoms with Crippen molar-refractivity contribution >= 4 is 22.2 Å². The SMILES string of the molecule is CNc1nnc(CN(C)c2ccc(C)cc2)s1. The van der Waals surface area contributed by atoms with Gasteiger partial charge in [0.1, 0.15) is 5.01 Å². The predicted octanol–water partition coefficient (Wildman–Crippen LogP) is 2.52. The first-order chi connectivity index (χ1) is 8.19. The number of benzene rings is 1. The summed E-state index contributed by atoms with van der Waals surface area (Å²) in [5, 5.41) is 13.0. The van der Waals surface area contributed by atoms with Crippen molar-refractivity contribution in [1.82, 2.24) is 10.2 Å². The Morgan fingerprint density at radius 1 is 1.24 bits per heavy atom. The van der Waals surface area contributed by atoms with E-state index >= 15 is 0 Å². The van der Waals surface area contributed by atoms with Crippen LogP contribution in [0.1, 0.15) is 10.6 Å². The van der Waals surface area contributed by atoms with Gasteiger partial charge in [-0.3, -0.25) is 0 Å². The van der Waals surface area contributed by atoms with Crippen LogP contribution < -0.4 is 10.2 Å². The van der Waals surface area contributed by atoms with E-state index in [0.29, 0.717) is 0 Å². The van der Waals surface area contributed by atoms with Gasteiger partial charge in [-0.05, 0) is 19.1 Å². The molecule has 0 atom stereocenters. The predicted molar refractivity (Wildman–Crippen MR) is 72.7 cm³/mol. The lowest BCUT2D eigenvalue weighted by atomic mass is 10.2.